The molecule has 1 fully saturated rings. The Labute approximate surface area is 193 Å². The molecule has 1 aromatic heterocycles. The number of piperazine rings is 1. The van der Waals surface area contributed by atoms with Crippen molar-refractivity contribution in [3.8, 4) is 0 Å². The van der Waals surface area contributed by atoms with Crippen LogP contribution in [-0.4, -0.2) is 58.8 Å². The number of amides is 2. The van der Waals surface area contributed by atoms with E-state index in [1.807, 2.05) is 59.5 Å². The molecule has 1 aliphatic carbocycles. The minimum atomic E-state index is -0.140. The van der Waals surface area contributed by atoms with Crippen molar-refractivity contribution in [3.05, 3.63) is 82.7 Å². The largest absolute Gasteiger partial charge is 0.345 e. The van der Waals surface area contributed by atoms with Crippen LogP contribution in [0.1, 0.15) is 35.0 Å². The molecule has 6 nitrogen and oxygen atoms in total. The molecule has 0 bridgehead atoms. The Bertz CT molecular complexity index is 1030. The maximum atomic E-state index is 12.8. The second-order valence-corrected chi connectivity index (χ2v) is 8.55. The predicted octanol–water partition coefficient (Wildman–Crippen LogP) is 3.45. The predicted molar refractivity (Wildman–Crippen MR) is 126 cm³/mol. The van der Waals surface area contributed by atoms with Gasteiger partial charge in [-0.25, -0.2) is 0 Å². The molecule has 2 aliphatic rings. The summed E-state index contributed by atoms with van der Waals surface area (Å²) in [6.07, 6.45) is 6.27. The van der Waals surface area contributed by atoms with Gasteiger partial charge < -0.3 is 10.2 Å². The van der Waals surface area contributed by atoms with Crippen LogP contribution in [0.4, 0.5) is 0 Å². The third-order valence-corrected chi connectivity index (χ3v) is 6.23. The van der Waals surface area contributed by atoms with Gasteiger partial charge in [0.15, 0.2) is 0 Å². The van der Waals surface area contributed by atoms with E-state index in [2.05, 4.69) is 15.2 Å². The Morgan fingerprint density at radius 2 is 1.84 bits per heavy atom. The van der Waals surface area contributed by atoms with Crippen LogP contribution in [0.15, 0.2) is 65.8 Å². The van der Waals surface area contributed by atoms with Crippen LogP contribution in [-0.2, 0) is 11.3 Å². The highest BCUT2D eigenvalue weighted by Gasteiger charge is 2.20. The molecule has 0 saturated carbocycles. The van der Waals surface area contributed by atoms with Gasteiger partial charge in [0.2, 0.25) is 5.91 Å². The molecule has 1 unspecified atom stereocenters. The van der Waals surface area contributed by atoms with Gasteiger partial charge in [-0.15, -0.1) is 0 Å². The summed E-state index contributed by atoms with van der Waals surface area (Å²) in [5.41, 5.74) is 3.41. The lowest BCUT2D eigenvalue weighted by Gasteiger charge is -2.34. The number of benzene rings is 1. The van der Waals surface area contributed by atoms with E-state index in [0.29, 0.717) is 17.0 Å². The van der Waals surface area contributed by atoms with Gasteiger partial charge in [-0.05, 0) is 36.2 Å². The molecule has 0 radical (unpaired) electrons. The van der Waals surface area contributed by atoms with Crippen LogP contribution >= 0.6 is 11.6 Å². The molecule has 4 rings (SSSR count). The maximum absolute atomic E-state index is 12.8. The molecule has 1 aromatic carbocycles. The van der Waals surface area contributed by atoms with E-state index in [4.69, 9.17) is 11.6 Å². The molecule has 2 aromatic rings. The first kappa shape index (κ1) is 22.2. The molecule has 32 heavy (non-hydrogen) atoms. The minimum Gasteiger partial charge on any atom is -0.345 e. The topological polar surface area (TPSA) is 65.5 Å². The quantitative estimate of drug-likeness (QED) is 0.757. The second-order valence-electron chi connectivity index (χ2n) is 8.14. The van der Waals surface area contributed by atoms with Gasteiger partial charge in [0.05, 0.1) is 11.7 Å². The van der Waals surface area contributed by atoms with E-state index < -0.39 is 0 Å². The highest BCUT2D eigenvalue weighted by atomic mass is 35.5. The summed E-state index contributed by atoms with van der Waals surface area (Å²) in [4.78, 5) is 32.8. The van der Waals surface area contributed by atoms with Crippen molar-refractivity contribution in [2.45, 2.75) is 25.9 Å². The first-order chi connectivity index (χ1) is 15.5. The summed E-state index contributed by atoms with van der Waals surface area (Å²) in [5, 5.41) is 3.73. The number of carbonyl (C=O) groups excluding carboxylic acids is 2. The molecular formula is C25H27ClN4O2. The number of carbonyl (C=O) groups is 2. The lowest BCUT2D eigenvalue weighted by atomic mass is 9.99. The lowest BCUT2D eigenvalue weighted by molar-refractivity contribution is -0.130. The molecular weight excluding hydrogens is 424 g/mol. The molecule has 7 heteroatoms. The average molecular weight is 451 g/mol. The minimum absolute atomic E-state index is 0.111. The van der Waals surface area contributed by atoms with Crippen LogP contribution in [0.3, 0.4) is 0 Å². The summed E-state index contributed by atoms with van der Waals surface area (Å²) >= 11 is 6.37. The standard InChI is InChI=1S/C25H27ClN4O2/c1-18(31)30-14-12-29(13-15-30)17-19-5-7-20(8-6-19)25(32)28-21-9-10-23(26)22(16-21)24-4-2-3-11-27-24/h2-8,10-11,16,21H,9,12-15,17H2,1H3,(H,28,32). The van der Waals surface area contributed by atoms with E-state index >= 15 is 0 Å². The molecule has 0 spiro atoms. The molecule has 166 valence electrons. The second kappa shape index (κ2) is 10.1. The van der Waals surface area contributed by atoms with Gasteiger partial charge in [-0.1, -0.05) is 42.0 Å². The summed E-state index contributed by atoms with van der Waals surface area (Å²) in [6, 6.07) is 13.3. The van der Waals surface area contributed by atoms with E-state index in [0.717, 1.165) is 49.6 Å². The maximum Gasteiger partial charge on any atom is 0.251 e. The summed E-state index contributed by atoms with van der Waals surface area (Å²) < 4.78 is 0. The van der Waals surface area contributed by atoms with Gasteiger partial charge in [-0.2, -0.15) is 0 Å². The number of hydrogen-bond donors (Lipinski definition) is 1. The molecule has 2 amide bonds. The monoisotopic (exact) mass is 450 g/mol. The fraction of sp³-hybridized carbons (Fsp3) is 0.320. The number of nitrogens with one attached hydrogen (secondary N) is 1. The number of hydrogen-bond acceptors (Lipinski definition) is 4. The van der Waals surface area contributed by atoms with E-state index in [1.165, 1.54) is 0 Å². The van der Waals surface area contributed by atoms with Crippen LogP contribution < -0.4 is 5.32 Å². The first-order valence-electron chi connectivity index (χ1n) is 10.9. The molecule has 1 saturated heterocycles. The number of halogens is 1. The molecule has 1 N–H and O–H groups in total. The van der Waals surface area contributed by atoms with Crippen molar-refractivity contribution in [2.24, 2.45) is 0 Å². The van der Waals surface area contributed by atoms with E-state index in [9.17, 15) is 9.59 Å². The Hall–Kier alpha value is -2.96. The molecule has 1 atom stereocenters. The third-order valence-electron chi connectivity index (χ3n) is 5.87. The zero-order valence-electron chi connectivity index (χ0n) is 18.1. The van der Waals surface area contributed by atoms with Gasteiger partial charge in [0.25, 0.3) is 5.91 Å². The van der Waals surface area contributed by atoms with Crippen LogP contribution in [0, 0.1) is 0 Å². The van der Waals surface area contributed by atoms with Crippen molar-refractivity contribution in [3.63, 3.8) is 0 Å². The average Bonchev–Trinajstić information content (AvgIpc) is 2.81. The Kier molecular flexibility index (Phi) is 7.02. The summed E-state index contributed by atoms with van der Waals surface area (Å²) in [7, 11) is 0. The summed E-state index contributed by atoms with van der Waals surface area (Å²) in [6.45, 7) is 5.70. The Morgan fingerprint density at radius 1 is 1.09 bits per heavy atom. The Morgan fingerprint density at radius 3 is 2.50 bits per heavy atom. The highest BCUT2D eigenvalue weighted by Crippen LogP contribution is 2.29. The van der Waals surface area contributed by atoms with Gasteiger partial charge in [0.1, 0.15) is 0 Å². The number of rotatable bonds is 5. The smallest absolute Gasteiger partial charge is 0.251 e. The summed E-state index contributed by atoms with van der Waals surface area (Å²) in [5.74, 6) is 0.0254. The number of allylic oxidation sites excluding steroid dienone is 2. The third kappa shape index (κ3) is 5.44. The zero-order chi connectivity index (χ0) is 22.5. The molecule has 1 aliphatic heterocycles. The molecule has 2 heterocycles. The normalized spacial score (nSPS) is 19.2. The fourth-order valence-corrected chi connectivity index (χ4v) is 4.26. The number of nitrogens with zero attached hydrogens (tertiary/aromatic N) is 3. The fourth-order valence-electron chi connectivity index (χ4n) is 4.01. The van der Waals surface area contributed by atoms with Crippen molar-refractivity contribution in [1.29, 1.82) is 0 Å². The van der Waals surface area contributed by atoms with Crippen LogP contribution in [0.2, 0.25) is 0 Å². The van der Waals surface area contributed by atoms with Crippen LogP contribution in [0.25, 0.3) is 5.57 Å². The number of pyridine rings is 1. The zero-order valence-corrected chi connectivity index (χ0v) is 18.9. The van der Waals surface area contributed by atoms with Gasteiger partial charge in [-0.3, -0.25) is 19.5 Å². The van der Waals surface area contributed by atoms with Crippen molar-refractivity contribution in [1.82, 2.24) is 20.1 Å². The van der Waals surface area contributed by atoms with Gasteiger partial charge in [0, 0.05) is 62.0 Å². The first-order valence-corrected chi connectivity index (χ1v) is 11.2. The van der Waals surface area contributed by atoms with Crippen molar-refractivity contribution in [2.75, 3.05) is 26.2 Å². The van der Waals surface area contributed by atoms with E-state index in [-0.39, 0.29) is 17.9 Å². The van der Waals surface area contributed by atoms with Crippen LogP contribution in [0.5, 0.6) is 0 Å². The lowest BCUT2D eigenvalue weighted by Crippen LogP contribution is -2.47. The van der Waals surface area contributed by atoms with Crippen molar-refractivity contribution >= 4 is 29.0 Å². The van der Waals surface area contributed by atoms with Gasteiger partial charge >= 0.3 is 0 Å². The SMILES string of the molecule is CC(=O)N1CCN(Cc2ccc(C(=O)NC3C=C(c4ccccn4)C(Cl)=CC3)cc2)CC1. The highest BCUT2D eigenvalue weighted by molar-refractivity contribution is 6.37. The van der Waals surface area contributed by atoms with Crippen molar-refractivity contribution < 1.29 is 9.59 Å². The Balaban J connectivity index is 1.34. The van der Waals surface area contributed by atoms with E-state index in [1.54, 1.807) is 13.1 Å². The number of aromatic nitrogens is 1.